The Morgan fingerprint density at radius 3 is 2.76 bits per heavy atom. The lowest BCUT2D eigenvalue weighted by atomic mass is 10.0. The average Bonchev–Trinajstić information content (AvgIpc) is 2.83. The fraction of sp³-hybridized carbons (Fsp3) is 0.700. The highest BCUT2D eigenvalue weighted by Gasteiger charge is 2.38. The molecule has 1 aromatic rings. The third-order valence-electron chi connectivity index (χ3n) is 3.24. The van der Waals surface area contributed by atoms with Gasteiger partial charge < -0.3 is 10.8 Å². The first kappa shape index (κ1) is 12.4. The van der Waals surface area contributed by atoms with Crippen molar-refractivity contribution in [2.45, 2.75) is 37.0 Å². The number of hydrogen-bond acceptors (Lipinski definition) is 3. The number of rotatable bonds is 2. The van der Waals surface area contributed by atoms with Gasteiger partial charge in [-0.2, -0.15) is 18.3 Å². The summed E-state index contributed by atoms with van der Waals surface area (Å²) >= 11 is 0. The summed E-state index contributed by atoms with van der Waals surface area (Å²) in [5, 5.41) is 12.8. The number of alkyl halides is 3. The van der Waals surface area contributed by atoms with Crippen LogP contribution < -0.4 is 5.73 Å². The molecule has 0 spiro atoms. The molecule has 1 fully saturated rings. The number of aromatic nitrogens is 2. The minimum absolute atomic E-state index is 0.156. The topological polar surface area (TPSA) is 64.1 Å². The SMILES string of the molecule is NC1(CO)CCC(n2cc(C(F)(F)F)cn2)C1. The van der Waals surface area contributed by atoms with Crippen LogP contribution in [0.15, 0.2) is 12.4 Å². The molecule has 1 saturated carbocycles. The van der Waals surface area contributed by atoms with Crippen LogP contribution in [-0.2, 0) is 6.18 Å². The fourth-order valence-electron chi connectivity index (χ4n) is 2.18. The average molecular weight is 249 g/mol. The zero-order valence-corrected chi connectivity index (χ0v) is 9.11. The maximum absolute atomic E-state index is 12.4. The fourth-order valence-corrected chi connectivity index (χ4v) is 2.18. The second kappa shape index (κ2) is 3.99. The van der Waals surface area contributed by atoms with Crippen molar-refractivity contribution in [3.63, 3.8) is 0 Å². The first-order valence-electron chi connectivity index (χ1n) is 5.35. The highest BCUT2D eigenvalue weighted by atomic mass is 19.4. The van der Waals surface area contributed by atoms with Crippen LogP contribution in [0.1, 0.15) is 30.9 Å². The van der Waals surface area contributed by atoms with Gasteiger partial charge in [-0.05, 0) is 19.3 Å². The van der Waals surface area contributed by atoms with Crippen molar-refractivity contribution < 1.29 is 18.3 Å². The molecule has 1 heterocycles. The van der Waals surface area contributed by atoms with Gasteiger partial charge in [0, 0.05) is 11.7 Å². The Hall–Kier alpha value is -1.08. The van der Waals surface area contributed by atoms with Crippen LogP contribution in [0.25, 0.3) is 0 Å². The standard InChI is InChI=1S/C10H14F3N3O/c11-10(12,13)7-4-15-16(5-7)8-1-2-9(14,3-8)6-17/h4-5,8,17H,1-3,6,14H2. The molecule has 4 nitrogen and oxygen atoms in total. The lowest BCUT2D eigenvalue weighted by Gasteiger charge is -2.20. The Kier molecular flexibility index (Phi) is 2.90. The second-order valence-corrected chi connectivity index (χ2v) is 4.62. The van der Waals surface area contributed by atoms with Gasteiger partial charge in [-0.25, -0.2) is 0 Å². The molecule has 7 heteroatoms. The number of nitrogens with zero attached hydrogens (tertiary/aromatic N) is 2. The van der Waals surface area contributed by atoms with E-state index in [-0.39, 0.29) is 12.6 Å². The van der Waals surface area contributed by atoms with E-state index in [1.165, 1.54) is 4.68 Å². The van der Waals surface area contributed by atoms with Crippen molar-refractivity contribution >= 4 is 0 Å². The molecule has 2 unspecified atom stereocenters. The largest absolute Gasteiger partial charge is 0.419 e. The third-order valence-corrected chi connectivity index (χ3v) is 3.24. The van der Waals surface area contributed by atoms with Crippen LogP contribution in [0.2, 0.25) is 0 Å². The molecule has 0 aromatic carbocycles. The van der Waals surface area contributed by atoms with Crippen molar-refractivity contribution in [1.82, 2.24) is 9.78 Å². The summed E-state index contributed by atoms with van der Waals surface area (Å²) in [6, 6.07) is -0.164. The first-order valence-corrected chi connectivity index (χ1v) is 5.35. The molecule has 96 valence electrons. The predicted octanol–water partition coefficient (Wildman–Crippen LogP) is 1.32. The minimum Gasteiger partial charge on any atom is -0.394 e. The van der Waals surface area contributed by atoms with Crippen molar-refractivity contribution in [3.05, 3.63) is 18.0 Å². The number of aliphatic hydroxyl groups excluding tert-OH is 1. The molecule has 0 bridgehead atoms. The second-order valence-electron chi connectivity index (χ2n) is 4.62. The molecule has 0 aliphatic heterocycles. The Balaban J connectivity index is 2.12. The van der Waals surface area contributed by atoms with Gasteiger partial charge >= 0.3 is 6.18 Å². The summed E-state index contributed by atoms with van der Waals surface area (Å²) in [4.78, 5) is 0. The van der Waals surface area contributed by atoms with E-state index in [2.05, 4.69) is 5.10 Å². The molecule has 3 N–H and O–H groups in total. The van der Waals surface area contributed by atoms with Crippen molar-refractivity contribution in [1.29, 1.82) is 0 Å². The lowest BCUT2D eigenvalue weighted by molar-refractivity contribution is -0.137. The Morgan fingerprint density at radius 1 is 1.59 bits per heavy atom. The molecule has 2 rings (SSSR count). The summed E-state index contributed by atoms with van der Waals surface area (Å²) in [7, 11) is 0. The normalized spacial score (nSPS) is 29.8. The quantitative estimate of drug-likeness (QED) is 0.830. The first-order chi connectivity index (χ1) is 7.84. The molecule has 0 amide bonds. The van der Waals surface area contributed by atoms with Gasteiger partial charge in [0.2, 0.25) is 0 Å². The highest BCUT2D eigenvalue weighted by Crippen LogP contribution is 2.37. The van der Waals surface area contributed by atoms with Crippen LogP contribution in [0.3, 0.4) is 0 Å². The summed E-state index contributed by atoms with van der Waals surface area (Å²) in [6.07, 6.45) is -0.884. The zero-order valence-electron chi connectivity index (χ0n) is 9.11. The summed E-state index contributed by atoms with van der Waals surface area (Å²) < 4.78 is 38.5. The van der Waals surface area contributed by atoms with Crippen LogP contribution >= 0.6 is 0 Å². The molecular formula is C10H14F3N3O. The number of nitrogens with two attached hydrogens (primary N) is 1. The van der Waals surface area contributed by atoms with E-state index in [0.717, 1.165) is 12.4 Å². The van der Waals surface area contributed by atoms with Crippen LogP contribution in [0.5, 0.6) is 0 Å². The minimum atomic E-state index is -4.37. The van der Waals surface area contributed by atoms with Crippen LogP contribution in [0, 0.1) is 0 Å². The molecule has 1 aromatic heterocycles. The van der Waals surface area contributed by atoms with E-state index in [1.54, 1.807) is 0 Å². The number of hydrogen-bond donors (Lipinski definition) is 2. The third kappa shape index (κ3) is 2.44. The van der Waals surface area contributed by atoms with E-state index in [9.17, 15) is 13.2 Å². The van der Waals surface area contributed by atoms with Crippen LogP contribution in [0.4, 0.5) is 13.2 Å². The van der Waals surface area contributed by atoms with E-state index in [4.69, 9.17) is 10.8 Å². The molecule has 0 radical (unpaired) electrons. The van der Waals surface area contributed by atoms with Crippen LogP contribution in [-0.4, -0.2) is 27.0 Å². The molecule has 0 saturated heterocycles. The van der Waals surface area contributed by atoms with Gasteiger partial charge in [0.05, 0.1) is 24.4 Å². The maximum Gasteiger partial charge on any atom is 0.419 e. The molecule has 17 heavy (non-hydrogen) atoms. The van der Waals surface area contributed by atoms with E-state index < -0.39 is 17.3 Å². The Bertz CT molecular complexity index is 404. The molecular weight excluding hydrogens is 235 g/mol. The maximum atomic E-state index is 12.4. The summed E-state index contributed by atoms with van der Waals surface area (Å²) in [5.41, 5.74) is 4.43. The Morgan fingerprint density at radius 2 is 2.29 bits per heavy atom. The number of halogens is 3. The smallest absolute Gasteiger partial charge is 0.394 e. The molecule has 1 aliphatic carbocycles. The molecule has 1 aliphatic rings. The lowest BCUT2D eigenvalue weighted by Crippen LogP contribution is -2.40. The zero-order chi connectivity index (χ0) is 12.7. The van der Waals surface area contributed by atoms with Gasteiger partial charge in [-0.1, -0.05) is 0 Å². The predicted molar refractivity (Wildman–Crippen MR) is 54.1 cm³/mol. The van der Waals surface area contributed by atoms with Gasteiger partial charge in [0.25, 0.3) is 0 Å². The summed E-state index contributed by atoms with van der Waals surface area (Å²) in [6.45, 7) is -0.156. The van der Waals surface area contributed by atoms with Gasteiger partial charge in [-0.15, -0.1) is 0 Å². The Labute approximate surface area is 96.2 Å². The van der Waals surface area contributed by atoms with E-state index in [1.807, 2.05) is 0 Å². The van der Waals surface area contributed by atoms with Crippen molar-refractivity contribution in [3.8, 4) is 0 Å². The highest BCUT2D eigenvalue weighted by molar-refractivity contribution is 5.10. The van der Waals surface area contributed by atoms with Gasteiger partial charge in [0.1, 0.15) is 0 Å². The van der Waals surface area contributed by atoms with Crippen molar-refractivity contribution in [2.24, 2.45) is 5.73 Å². The summed E-state index contributed by atoms with van der Waals surface area (Å²) in [5.74, 6) is 0. The van der Waals surface area contributed by atoms with E-state index in [0.29, 0.717) is 19.3 Å². The number of aliphatic hydroxyl groups is 1. The molecule has 2 atom stereocenters. The van der Waals surface area contributed by atoms with Gasteiger partial charge in [-0.3, -0.25) is 4.68 Å². The monoisotopic (exact) mass is 249 g/mol. The van der Waals surface area contributed by atoms with E-state index >= 15 is 0 Å². The van der Waals surface area contributed by atoms with Gasteiger partial charge in [0.15, 0.2) is 0 Å². The van der Waals surface area contributed by atoms with Crippen molar-refractivity contribution in [2.75, 3.05) is 6.61 Å².